The molecule has 3 heterocycles. The molecule has 0 aliphatic carbocycles. The SMILES string of the molecule is CCOC(=O)c1cc(Cn2nc(-c3cnc(OCC(F)(F)F)nc3)ccc2=O)on1. The third kappa shape index (κ3) is 5.40. The average Bonchev–Trinajstić information content (AvgIpc) is 3.17. The summed E-state index contributed by atoms with van der Waals surface area (Å²) in [6, 6.07) is 3.52. The second-order valence-corrected chi connectivity index (χ2v) is 5.77. The number of halogens is 3. The van der Waals surface area contributed by atoms with E-state index in [-0.39, 0.29) is 30.3 Å². The zero-order chi connectivity index (χ0) is 21.7. The minimum atomic E-state index is -4.51. The van der Waals surface area contributed by atoms with Crippen LogP contribution in [0.25, 0.3) is 11.3 Å². The molecular weight excluding hydrogens is 411 g/mol. The van der Waals surface area contributed by atoms with Crippen LogP contribution < -0.4 is 10.3 Å². The zero-order valence-electron chi connectivity index (χ0n) is 15.4. The maximum Gasteiger partial charge on any atom is 0.422 e. The van der Waals surface area contributed by atoms with E-state index in [1.165, 1.54) is 30.6 Å². The van der Waals surface area contributed by atoms with Crippen LogP contribution >= 0.6 is 0 Å². The van der Waals surface area contributed by atoms with Crippen LogP contribution in [0.2, 0.25) is 0 Å². The van der Waals surface area contributed by atoms with E-state index in [0.29, 0.717) is 5.56 Å². The van der Waals surface area contributed by atoms with Crippen molar-refractivity contribution in [1.82, 2.24) is 24.9 Å². The molecule has 13 heteroatoms. The molecule has 0 unspecified atom stereocenters. The molecule has 0 fully saturated rings. The molecule has 0 saturated carbocycles. The Hall–Kier alpha value is -3.77. The van der Waals surface area contributed by atoms with Crippen molar-refractivity contribution in [3.63, 3.8) is 0 Å². The fourth-order valence-corrected chi connectivity index (χ4v) is 2.22. The highest BCUT2D eigenvalue weighted by Gasteiger charge is 2.29. The minimum absolute atomic E-state index is 0.0427. The number of esters is 1. The zero-order valence-corrected chi connectivity index (χ0v) is 15.4. The fourth-order valence-electron chi connectivity index (χ4n) is 2.22. The number of ether oxygens (including phenoxy) is 2. The summed E-state index contributed by atoms with van der Waals surface area (Å²) in [6.45, 7) is 0.186. The molecule has 3 aromatic rings. The van der Waals surface area contributed by atoms with Gasteiger partial charge in [-0.15, -0.1) is 0 Å². The van der Waals surface area contributed by atoms with Crippen molar-refractivity contribution < 1.29 is 32.0 Å². The van der Waals surface area contributed by atoms with E-state index in [9.17, 15) is 22.8 Å². The summed E-state index contributed by atoms with van der Waals surface area (Å²) in [5.74, 6) is -0.469. The van der Waals surface area contributed by atoms with Crippen molar-refractivity contribution >= 4 is 5.97 Å². The van der Waals surface area contributed by atoms with Crippen molar-refractivity contribution in [2.24, 2.45) is 0 Å². The highest BCUT2D eigenvalue weighted by atomic mass is 19.4. The first-order valence-electron chi connectivity index (χ1n) is 8.48. The minimum Gasteiger partial charge on any atom is -0.461 e. The number of carbonyl (C=O) groups is 1. The lowest BCUT2D eigenvalue weighted by atomic mass is 10.2. The predicted octanol–water partition coefficient (Wildman–Crippen LogP) is 1.85. The van der Waals surface area contributed by atoms with E-state index in [1.807, 2.05) is 0 Å². The van der Waals surface area contributed by atoms with Gasteiger partial charge in [0.2, 0.25) is 0 Å². The van der Waals surface area contributed by atoms with Gasteiger partial charge in [-0.25, -0.2) is 19.4 Å². The Morgan fingerprint density at radius 3 is 2.63 bits per heavy atom. The third-order valence-electron chi connectivity index (χ3n) is 3.50. The van der Waals surface area contributed by atoms with Gasteiger partial charge in [-0.1, -0.05) is 5.16 Å². The van der Waals surface area contributed by atoms with Crippen molar-refractivity contribution in [1.29, 1.82) is 0 Å². The smallest absolute Gasteiger partial charge is 0.422 e. The number of carbonyl (C=O) groups excluding carboxylic acids is 1. The quantitative estimate of drug-likeness (QED) is 0.522. The Morgan fingerprint density at radius 1 is 1.23 bits per heavy atom. The molecule has 0 saturated heterocycles. The van der Waals surface area contributed by atoms with Gasteiger partial charge in [0.05, 0.1) is 12.3 Å². The van der Waals surface area contributed by atoms with E-state index < -0.39 is 30.3 Å². The Morgan fingerprint density at radius 2 is 1.97 bits per heavy atom. The lowest BCUT2D eigenvalue weighted by Gasteiger charge is -2.08. The third-order valence-corrected chi connectivity index (χ3v) is 3.50. The lowest BCUT2D eigenvalue weighted by Crippen LogP contribution is -2.22. The Balaban J connectivity index is 1.75. The van der Waals surface area contributed by atoms with Gasteiger partial charge >= 0.3 is 18.2 Å². The summed E-state index contributed by atoms with van der Waals surface area (Å²) in [5, 5.41) is 7.72. The molecule has 0 aliphatic rings. The number of hydrogen-bond donors (Lipinski definition) is 0. The molecular formula is C17H14F3N5O5. The summed E-state index contributed by atoms with van der Waals surface area (Å²) in [5.41, 5.74) is 0.118. The predicted molar refractivity (Wildman–Crippen MR) is 92.6 cm³/mol. The first kappa shape index (κ1) is 21.0. The van der Waals surface area contributed by atoms with Gasteiger partial charge in [0.25, 0.3) is 5.56 Å². The number of alkyl halides is 3. The summed E-state index contributed by atoms with van der Waals surface area (Å²) in [7, 11) is 0. The van der Waals surface area contributed by atoms with Crippen LogP contribution in [0.15, 0.2) is 39.9 Å². The van der Waals surface area contributed by atoms with E-state index in [0.717, 1.165) is 4.68 Å². The van der Waals surface area contributed by atoms with Crippen LogP contribution in [-0.2, 0) is 11.3 Å². The van der Waals surface area contributed by atoms with Crippen molar-refractivity contribution in [2.45, 2.75) is 19.6 Å². The van der Waals surface area contributed by atoms with E-state index in [4.69, 9.17) is 9.26 Å². The summed E-state index contributed by atoms with van der Waals surface area (Å²) >= 11 is 0. The maximum atomic E-state index is 12.2. The maximum absolute atomic E-state index is 12.2. The van der Waals surface area contributed by atoms with Crippen LogP contribution in [0.4, 0.5) is 13.2 Å². The van der Waals surface area contributed by atoms with Crippen LogP contribution in [-0.4, -0.2) is 50.3 Å². The Labute approximate surface area is 166 Å². The molecule has 0 aliphatic heterocycles. The number of aromatic nitrogens is 5. The molecule has 0 N–H and O–H groups in total. The average molecular weight is 425 g/mol. The first-order chi connectivity index (χ1) is 14.2. The number of nitrogens with zero attached hydrogens (tertiary/aromatic N) is 5. The molecule has 0 aromatic carbocycles. The van der Waals surface area contributed by atoms with E-state index in [2.05, 4.69) is 25.0 Å². The molecule has 0 spiro atoms. The van der Waals surface area contributed by atoms with Crippen LogP contribution in [0.3, 0.4) is 0 Å². The van der Waals surface area contributed by atoms with E-state index in [1.54, 1.807) is 6.92 Å². The number of rotatable bonds is 7. The molecule has 0 amide bonds. The Bertz CT molecular complexity index is 1080. The van der Waals surface area contributed by atoms with Crippen molar-refractivity contribution in [3.8, 4) is 17.3 Å². The fraction of sp³-hybridized carbons (Fsp3) is 0.294. The topological polar surface area (TPSA) is 122 Å². The molecule has 30 heavy (non-hydrogen) atoms. The Kier molecular flexibility index (Phi) is 6.09. The van der Waals surface area contributed by atoms with Gasteiger partial charge in [-0.05, 0) is 13.0 Å². The lowest BCUT2D eigenvalue weighted by molar-refractivity contribution is -0.154. The molecule has 3 aromatic heterocycles. The standard InChI is InChI=1S/C17H14F3N5O5/c1-2-28-15(27)13-5-11(30-24-13)8-25-14(26)4-3-12(23-25)10-6-21-16(22-7-10)29-9-17(18,19)20/h3-7H,2,8-9H2,1H3. The summed E-state index contributed by atoms with van der Waals surface area (Å²) < 4.78 is 51.8. The molecule has 158 valence electrons. The van der Waals surface area contributed by atoms with Crippen molar-refractivity contribution in [2.75, 3.05) is 13.2 Å². The first-order valence-corrected chi connectivity index (χ1v) is 8.48. The summed E-state index contributed by atoms with van der Waals surface area (Å²) in [6.07, 6.45) is -2.08. The second kappa shape index (κ2) is 8.71. The van der Waals surface area contributed by atoms with Gasteiger partial charge in [0.1, 0.15) is 6.54 Å². The van der Waals surface area contributed by atoms with Crippen LogP contribution in [0.1, 0.15) is 23.2 Å². The van der Waals surface area contributed by atoms with Gasteiger partial charge in [-0.2, -0.15) is 18.3 Å². The van der Waals surface area contributed by atoms with E-state index >= 15 is 0 Å². The molecule has 0 bridgehead atoms. The molecule has 0 atom stereocenters. The molecule has 10 nitrogen and oxygen atoms in total. The van der Waals surface area contributed by atoms with Gasteiger partial charge < -0.3 is 14.0 Å². The van der Waals surface area contributed by atoms with Gasteiger partial charge in [0, 0.05) is 30.1 Å². The summed E-state index contributed by atoms with van der Waals surface area (Å²) in [4.78, 5) is 31.1. The van der Waals surface area contributed by atoms with Gasteiger partial charge in [-0.3, -0.25) is 4.79 Å². The highest BCUT2D eigenvalue weighted by molar-refractivity contribution is 5.87. The molecule has 3 rings (SSSR count). The van der Waals surface area contributed by atoms with Crippen molar-refractivity contribution in [3.05, 3.63) is 52.4 Å². The number of hydrogen-bond acceptors (Lipinski definition) is 9. The normalized spacial score (nSPS) is 11.3. The van der Waals surface area contributed by atoms with Crippen LogP contribution in [0.5, 0.6) is 6.01 Å². The monoisotopic (exact) mass is 425 g/mol. The molecule has 0 radical (unpaired) electrons. The second-order valence-electron chi connectivity index (χ2n) is 5.77. The largest absolute Gasteiger partial charge is 0.461 e. The van der Waals surface area contributed by atoms with Gasteiger partial charge in [0.15, 0.2) is 18.1 Å². The van der Waals surface area contributed by atoms with Crippen LogP contribution in [0, 0.1) is 0 Å². The highest BCUT2D eigenvalue weighted by Crippen LogP contribution is 2.18.